The van der Waals surface area contributed by atoms with E-state index >= 15 is 0 Å². The van der Waals surface area contributed by atoms with Gasteiger partial charge in [0.25, 0.3) is 11.4 Å². The number of amides is 3. The molecule has 2 aromatic heterocycles. The topological polar surface area (TPSA) is 405 Å². The molecule has 8 aliphatic heterocycles. The van der Waals surface area contributed by atoms with Crippen LogP contribution in [0.3, 0.4) is 0 Å². The fourth-order valence-corrected chi connectivity index (χ4v) is 18.8. The molecule has 6 aromatic carbocycles. The van der Waals surface area contributed by atoms with Crippen LogP contribution in [0.25, 0.3) is 0 Å². The fourth-order valence-electron chi connectivity index (χ4n) is 15.5. The number of fused-ring (bicyclic) bond motifs is 12. The third kappa shape index (κ3) is 32.6. The molecule has 0 saturated carbocycles. The first-order valence-electron chi connectivity index (χ1n) is 43.5. The number of carbonyl (C=O) groups is 3. The van der Waals surface area contributed by atoms with Crippen molar-refractivity contribution in [3.05, 3.63) is 166 Å². The van der Waals surface area contributed by atoms with Crippen molar-refractivity contribution in [1.29, 1.82) is 0 Å². The Bertz CT molecular complexity index is 5540. The number of nitro benzene ring substituents is 2. The number of aromatic nitrogens is 4. The van der Waals surface area contributed by atoms with Gasteiger partial charge in [-0.15, -0.1) is 0 Å². The van der Waals surface area contributed by atoms with Gasteiger partial charge in [-0.2, -0.15) is 64.0 Å². The van der Waals surface area contributed by atoms with Crippen molar-refractivity contribution in [2.75, 3.05) is 180 Å². The number of ether oxygens (including phenoxy) is 7. The van der Waals surface area contributed by atoms with Crippen LogP contribution in [0, 0.1) is 41.0 Å². The van der Waals surface area contributed by atoms with E-state index in [-0.39, 0.29) is 107 Å². The standard InChI is InChI=1S/C24H28ClN6O2P.C17H23N3O5.C17H25N3O3.C16H20BrN3O5.C12H12Cl2N3OP.CH4O.4CH3.4H2S.Sn/c1-15-10-16(11-20-22(15)33-14-17-12-26-8-9-31(17)20)28-24-27-13-18(25)23(30-24)29-19-6-4-5-7-21(19)34(2,3)32;1-11-7-12(20(22)23)8-14-15(11)24-10-13-9-18(5-6-19(13)14)16(21)25-17(2,3)4;1-11-7-12(18)8-14-15(11)22-10-13-9-19(5-6-20(13)14)16(21)23-17(2,3)4;1-16(2,3)25-15(21)18-4-5-19-11(8-18)9-24-14-12(17)6-10(20(22)23)7-13(14)19;1-19(2,18)10-6-4-3-5-9(10)16-11-8(13)7-15-12(14)17-11;1-2;;;;;;;;;/h4-7,10-11,13,17,26H,8-9,12,14H2,1-3H3,(H2,27,28,29,30);7-8,13H,5-6,9-10H2,1-4H3;7-8,13H,5-6,9-10,18H2,1-4H3;6-7,11H,4-5,8-9H2,1-3H3;3-7H,1-2H3,(H,15,16,17);2H,1H3;4*1H3;4*1H2;/t17-;2*13-;11-;;;;;;;;;;;/m0000.........../s1. The van der Waals surface area contributed by atoms with Crippen LogP contribution in [0.5, 0.6) is 23.0 Å². The first-order valence-corrected chi connectivity index (χ1v) is 62.1. The van der Waals surface area contributed by atoms with Crippen molar-refractivity contribution in [3.63, 3.8) is 0 Å². The summed E-state index contributed by atoms with van der Waals surface area (Å²) in [6, 6.07) is 29.2. The van der Waals surface area contributed by atoms with E-state index in [1.165, 1.54) is 24.4 Å². The second-order valence-corrected chi connectivity index (χ2v) is 63.7. The van der Waals surface area contributed by atoms with Gasteiger partial charge in [0, 0.05) is 132 Å². The van der Waals surface area contributed by atoms with E-state index in [2.05, 4.69) is 103 Å². The quantitative estimate of drug-likeness (QED) is 0.0141. The van der Waals surface area contributed by atoms with Crippen LogP contribution in [0.2, 0.25) is 35.1 Å². The molecule has 7 N–H and O–H groups in total. The van der Waals surface area contributed by atoms with Crippen LogP contribution >= 0.6 is 119 Å². The molecule has 8 aliphatic rings. The number of carbonyl (C=O) groups excluding carboxylic acids is 3. The first kappa shape index (κ1) is 117. The summed E-state index contributed by atoms with van der Waals surface area (Å²) in [4.78, 5) is 98.6. The molecule has 10 heterocycles. The third-order valence-electron chi connectivity index (χ3n) is 21.1. The van der Waals surface area contributed by atoms with Crippen molar-refractivity contribution >= 4 is 241 Å². The van der Waals surface area contributed by atoms with Crippen molar-refractivity contribution in [1.82, 2.24) is 40.0 Å². The van der Waals surface area contributed by atoms with Crippen LogP contribution in [-0.4, -0.2) is 266 Å². The van der Waals surface area contributed by atoms with Crippen molar-refractivity contribution in [2.24, 2.45) is 0 Å². The molecule has 0 bridgehead atoms. The number of nitro groups is 2. The van der Waals surface area contributed by atoms with Crippen molar-refractivity contribution < 1.29 is 71.6 Å². The average molecular weight is 2250 g/mol. The van der Waals surface area contributed by atoms with Crippen molar-refractivity contribution in [3.8, 4) is 23.0 Å². The van der Waals surface area contributed by atoms with Gasteiger partial charge in [-0.1, -0.05) is 47.5 Å². The van der Waals surface area contributed by atoms with E-state index in [1.807, 2.05) is 150 Å². The van der Waals surface area contributed by atoms with Gasteiger partial charge in [-0.05, 0) is 202 Å². The molecule has 0 unspecified atom stereocenters. The summed E-state index contributed by atoms with van der Waals surface area (Å²) in [5, 5.41) is 44.6. The second-order valence-electron chi connectivity index (χ2n) is 38.2. The third-order valence-corrected chi connectivity index (χ3v) is 25.5. The number of non-ortho nitro benzene ring substituents is 2. The molecule has 4 saturated heterocycles. The summed E-state index contributed by atoms with van der Waals surface area (Å²) >= 11 is 20.3. The molecule has 46 heteroatoms. The Morgan fingerprint density at radius 1 is 0.518 bits per heavy atom. The molecule has 4 fully saturated rings. The van der Waals surface area contributed by atoms with Crippen LogP contribution in [0.4, 0.5) is 88.8 Å². The number of piperazine rings is 4. The Labute approximate surface area is 858 Å². The van der Waals surface area contributed by atoms with Crippen LogP contribution in [0.15, 0.2) is 114 Å². The van der Waals surface area contributed by atoms with Gasteiger partial charge in [0.15, 0.2) is 17.4 Å². The number of halogens is 4. The van der Waals surface area contributed by atoms with Gasteiger partial charge >= 0.3 is 56.4 Å². The summed E-state index contributed by atoms with van der Waals surface area (Å²) in [7, 11) is -3.89. The molecule has 137 heavy (non-hydrogen) atoms. The number of anilines is 11. The number of para-hydroxylation sites is 2. The summed E-state index contributed by atoms with van der Waals surface area (Å²) in [6.07, 6.45) is 2.03. The van der Waals surface area contributed by atoms with Gasteiger partial charge in [-0.25, -0.2) is 24.4 Å². The molecule has 754 valence electrons. The Morgan fingerprint density at radius 2 is 0.876 bits per heavy atom. The number of aryl methyl sites for hydroxylation is 3. The van der Waals surface area contributed by atoms with E-state index < -0.39 is 59.3 Å². The molecule has 3 amide bonds. The van der Waals surface area contributed by atoms with Crippen LogP contribution in [-0.2, 0) is 23.3 Å². The van der Waals surface area contributed by atoms with E-state index in [9.17, 15) is 43.7 Å². The number of nitrogens with two attached hydrogens (primary N) is 1. The maximum absolute atomic E-state index is 12.7. The van der Waals surface area contributed by atoms with Crippen LogP contribution in [0.1, 0.15) is 79.0 Å². The zero-order valence-electron chi connectivity index (χ0n) is 81.3. The molecular formula is C91H132BrCl3N18O17P2S4Sn. The minimum absolute atomic E-state index is 0. The summed E-state index contributed by atoms with van der Waals surface area (Å²) in [6.45, 7) is 39.4. The predicted molar refractivity (Wildman–Crippen MR) is 577 cm³/mol. The summed E-state index contributed by atoms with van der Waals surface area (Å²) in [5.41, 5.74) is 13.9. The van der Waals surface area contributed by atoms with E-state index in [0.29, 0.717) is 145 Å². The van der Waals surface area contributed by atoms with Crippen molar-refractivity contribution in [2.45, 2.75) is 144 Å². The predicted octanol–water partition coefficient (Wildman–Crippen LogP) is 18.4. The number of aliphatic hydroxyl groups excluding tert-OH is 1. The van der Waals surface area contributed by atoms with Gasteiger partial charge < -0.3 is 109 Å². The number of rotatable bonds is 10. The minimum atomic E-state index is -2.49. The second kappa shape index (κ2) is 49.8. The Morgan fingerprint density at radius 3 is 1.30 bits per heavy atom. The van der Waals surface area contributed by atoms with E-state index in [1.54, 1.807) is 53.6 Å². The van der Waals surface area contributed by atoms with Gasteiger partial charge in [0.05, 0.1) is 85.0 Å². The Kier molecular flexibility index (Phi) is 42.7. The SMILES string of the molecule is CC(C)(C)OC(=O)N1CCN2c3cc([N+](=O)[O-])cc(Br)c3OC[C@@H]2C1.CO.CP(C)(=O)c1ccccc1Nc1nc(Cl)ncc1Cl.Cc1cc(N)cc2c1OC[C@@H]1CN(C(=O)OC(C)(C)C)CCN21.Cc1cc(Nc2ncc(Cl)c(Nc3ccccc3P(C)(C)=O)n2)cc2c1OC[C@@H]1CNCCN21.Cc1cc([N+](=O)[O-])cc2c1OC[C@@H]1CN(C(=O)OC(C)(C)C)CCN21.S.S.S.S.[CH3][Sn]([CH3])([CH3])[CH3]. The Balaban J connectivity index is 0.000000259. The van der Waals surface area contributed by atoms with E-state index in [0.717, 1.165) is 101 Å². The van der Waals surface area contributed by atoms with Gasteiger partial charge in [0.2, 0.25) is 11.2 Å². The molecule has 0 aliphatic carbocycles. The molecule has 8 aromatic rings. The number of nitrogen functional groups attached to an aromatic ring is 1. The molecule has 4 atom stereocenters. The van der Waals surface area contributed by atoms with E-state index in [4.69, 9.17) is 78.8 Å². The number of benzene rings is 6. The molecule has 16 rings (SSSR count). The molecular weight excluding hydrogens is 2110 g/mol. The number of nitrogens with one attached hydrogen (secondary N) is 4. The zero-order valence-corrected chi connectivity index (χ0v) is 93.8. The normalized spacial score (nSPS) is 17.0. The zero-order chi connectivity index (χ0) is 97.9. The van der Waals surface area contributed by atoms with Gasteiger partial charge in [-0.3, -0.25) is 20.2 Å². The average Bonchev–Trinajstić information content (AvgIpc) is 0.778. The monoisotopic (exact) mass is 2240 g/mol. The first-order chi connectivity index (χ1) is 62.2. The Hall–Kier alpha value is -8.38. The van der Waals surface area contributed by atoms with Gasteiger partial charge in [0.1, 0.15) is 84.8 Å². The molecule has 35 nitrogen and oxygen atoms in total. The fraction of sp³-hybridized carbons (Fsp3) is 0.484. The number of hydrogen-bond acceptors (Lipinski definition) is 30. The molecule has 0 spiro atoms. The number of nitrogens with zero attached hydrogens (tertiary/aromatic N) is 13. The number of aliphatic hydroxyl groups is 1. The summed E-state index contributed by atoms with van der Waals surface area (Å²) < 4.78 is 65.5. The molecule has 0 radical (unpaired) electrons. The maximum atomic E-state index is 12.7. The number of hydrogen-bond donors (Lipinski definition) is 6. The summed E-state index contributed by atoms with van der Waals surface area (Å²) in [5.74, 6) is 4.38. The van der Waals surface area contributed by atoms with Crippen LogP contribution < -0.4 is 76.2 Å².